The van der Waals surface area contributed by atoms with Crippen molar-refractivity contribution >= 4 is 0 Å². The van der Waals surface area contributed by atoms with Crippen LogP contribution in [0.2, 0.25) is 0 Å². The Balaban J connectivity index is 1.93. The summed E-state index contributed by atoms with van der Waals surface area (Å²) in [6, 6.07) is 0.685. The molecule has 0 aromatic rings. The van der Waals surface area contributed by atoms with E-state index >= 15 is 0 Å². The van der Waals surface area contributed by atoms with Crippen LogP contribution in [0.4, 0.5) is 0 Å². The molecule has 2 rings (SSSR count). The van der Waals surface area contributed by atoms with Crippen LogP contribution < -0.4 is 11.1 Å². The van der Waals surface area contributed by atoms with E-state index in [2.05, 4.69) is 31.1 Å². The number of likely N-dealkylation sites (N-methyl/N-ethyl adjacent to an activating group) is 1. The van der Waals surface area contributed by atoms with Crippen molar-refractivity contribution in [3.63, 3.8) is 0 Å². The summed E-state index contributed by atoms with van der Waals surface area (Å²) in [7, 11) is 2.19. The smallest absolute Gasteiger partial charge is 0.0446 e. The maximum atomic E-state index is 5.99. The highest BCUT2D eigenvalue weighted by molar-refractivity contribution is 5.01. The normalized spacial score (nSPS) is 39.4. The molecule has 1 aliphatic carbocycles. The van der Waals surface area contributed by atoms with Gasteiger partial charge in [-0.2, -0.15) is 0 Å². The summed E-state index contributed by atoms with van der Waals surface area (Å²) in [5, 5.41) is 3.86. The van der Waals surface area contributed by atoms with Gasteiger partial charge in [-0.05, 0) is 44.7 Å². The minimum Gasteiger partial charge on any atom is -0.329 e. The van der Waals surface area contributed by atoms with E-state index in [0.29, 0.717) is 11.5 Å². The lowest BCUT2D eigenvalue weighted by atomic mass is 9.91. The van der Waals surface area contributed by atoms with Gasteiger partial charge in [0.05, 0.1) is 0 Å². The predicted octanol–water partition coefficient (Wildman–Crippen LogP) is 1.19. The summed E-state index contributed by atoms with van der Waals surface area (Å²) in [4.78, 5) is 2.39. The summed E-state index contributed by atoms with van der Waals surface area (Å²) < 4.78 is 0. The highest BCUT2D eigenvalue weighted by atomic mass is 15.2. The monoisotopic (exact) mass is 225 g/mol. The Morgan fingerprint density at radius 3 is 2.56 bits per heavy atom. The number of rotatable bonds is 3. The van der Waals surface area contributed by atoms with E-state index in [-0.39, 0.29) is 5.54 Å². The van der Waals surface area contributed by atoms with E-state index in [0.717, 1.165) is 13.1 Å². The maximum absolute atomic E-state index is 5.99. The minimum absolute atomic E-state index is 0.194. The van der Waals surface area contributed by atoms with Gasteiger partial charge in [0.2, 0.25) is 0 Å². The molecule has 1 saturated heterocycles. The standard InChI is InChI=1S/C13H27N3/c1-12(2)5-4-11(8-12)15-13(9-14)6-7-16(3)10-13/h11,15H,4-10,14H2,1-3H3. The Labute approximate surface area is 99.8 Å². The number of likely N-dealkylation sites (tertiary alicyclic amines) is 1. The maximum Gasteiger partial charge on any atom is 0.0446 e. The zero-order valence-corrected chi connectivity index (χ0v) is 11.1. The third kappa shape index (κ3) is 2.58. The number of nitrogens with one attached hydrogen (secondary N) is 1. The second-order valence-corrected chi connectivity index (χ2v) is 6.72. The number of hydrogen-bond acceptors (Lipinski definition) is 3. The molecule has 0 aromatic carbocycles. The molecule has 94 valence electrons. The third-order valence-electron chi connectivity index (χ3n) is 4.41. The summed E-state index contributed by atoms with van der Waals surface area (Å²) in [5.74, 6) is 0. The van der Waals surface area contributed by atoms with Gasteiger partial charge in [-0.25, -0.2) is 0 Å². The zero-order valence-electron chi connectivity index (χ0n) is 11.1. The van der Waals surface area contributed by atoms with Crippen LogP contribution in [0.1, 0.15) is 39.5 Å². The lowest BCUT2D eigenvalue weighted by molar-refractivity contribution is 0.272. The van der Waals surface area contributed by atoms with E-state index in [1.807, 2.05) is 0 Å². The van der Waals surface area contributed by atoms with Crippen molar-refractivity contribution in [3.05, 3.63) is 0 Å². The van der Waals surface area contributed by atoms with Gasteiger partial charge in [0.1, 0.15) is 0 Å². The van der Waals surface area contributed by atoms with Crippen molar-refractivity contribution in [2.45, 2.75) is 51.1 Å². The van der Waals surface area contributed by atoms with Crippen LogP contribution in [0.3, 0.4) is 0 Å². The molecule has 0 aromatic heterocycles. The van der Waals surface area contributed by atoms with Crippen molar-refractivity contribution in [2.75, 3.05) is 26.7 Å². The van der Waals surface area contributed by atoms with E-state index in [4.69, 9.17) is 5.73 Å². The Morgan fingerprint density at radius 2 is 2.12 bits per heavy atom. The fourth-order valence-electron chi connectivity index (χ4n) is 3.42. The van der Waals surface area contributed by atoms with Crippen LogP contribution in [0.5, 0.6) is 0 Å². The first-order chi connectivity index (χ1) is 7.45. The topological polar surface area (TPSA) is 41.3 Å². The molecule has 1 saturated carbocycles. The first kappa shape index (κ1) is 12.3. The molecule has 0 amide bonds. The second-order valence-electron chi connectivity index (χ2n) is 6.72. The SMILES string of the molecule is CN1CCC(CN)(NC2CCC(C)(C)C2)C1. The van der Waals surface area contributed by atoms with Gasteiger partial charge in [-0.3, -0.25) is 0 Å². The summed E-state index contributed by atoms with van der Waals surface area (Å²) in [6.07, 6.45) is 5.18. The quantitative estimate of drug-likeness (QED) is 0.758. The Hall–Kier alpha value is -0.120. The number of hydrogen-bond donors (Lipinski definition) is 2. The van der Waals surface area contributed by atoms with Crippen LogP contribution in [-0.4, -0.2) is 43.2 Å². The summed E-state index contributed by atoms with van der Waals surface area (Å²) in [6.45, 7) is 7.82. The van der Waals surface area contributed by atoms with Gasteiger partial charge in [0.15, 0.2) is 0 Å². The first-order valence-electron chi connectivity index (χ1n) is 6.61. The highest BCUT2D eigenvalue weighted by Gasteiger charge is 2.40. The Bertz CT molecular complexity index is 252. The highest BCUT2D eigenvalue weighted by Crippen LogP contribution is 2.38. The molecule has 1 heterocycles. The molecule has 1 aliphatic heterocycles. The molecule has 2 fully saturated rings. The second kappa shape index (κ2) is 4.28. The van der Waals surface area contributed by atoms with Crippen molar-refractivity contribution < 1.29 is 0 Å². The van der Waals surface area contributed by atoms with Gasteiger partial charge in [-0.1, -0.05) is 13.8 Å². The van der Waals surface area contributed by atoms with E-state index in [9.17, 15) is 0 Å². The summed E-state index contributed by atoms with van der Waals surface area (Å²) >= 11 is 0. The van der Waals surface area contributed by atoms with Gasteiger partial charge in [0.25, 0.3) is 0 Å². The molecule has 0 radical (unpaired) electrons. The van der Waals surface area contributed by atoms with E-state index in [1.165, 1.54) is 32.2 Å². The molecule has 2 unspecified atom stereocenters. The van der Waals surface area contributed by atoms with Crippen molar-refractivity contribution in [1.82, 2.24) is 10.2 Å². The largest absolute Gasteiger partial charge is 0.329 e. The third-order valence-corrected chi connectivity index (χ3v) is 4.41. The van der Waals surface area contributed by atoms with Crippen molar-refractivity contribution in [3.8, 4) is 0 Å². The number of nitrogens with two attached hydrogens (primary N) is 1. The van der Waals surface area contributed by atoms with Crippen LogP contribution in [-0.2, 0) is 0 Å². The lowest BCUT2D eigenvalue weighted by Crippen LogP contribution is -2.56. The van der Waals surface area contributed by atoms with Gasteiger partial charge in [-0.15, -0.1) is 0 Å². The van der Waals surface area contributed by atoms with E-state index in [1.54, 1.807) is 0 Å². The first-order valence-corrected chi connectivity index (χ1v) is 6.61. The number of nitrogens with zero attached hydrogens (tertiary/aromatic N) is 1. The van der Waals surface area contributed by atoms with Gasteiger partial charge in [0, 0.05) is 24.7 Å². The molecule has 2 aliphatic rings. The van der Waals surface area contributed by atoms with Gasteiger partial charge < -0.3 is 16.0 Å². The molecular weight excluding hydrogens is 198 g/mol. The van der Waals surface area contributed by atoms with Crippen molar-refractivity contribution in [2.24, 2.45) is 11.1 Å². The minimum atomic E-state index is 0.194. The lowest BCUT2D eigenvalue weighted by Gasteiger charge is -2.33. The average Bonchev–Trinajstić information content (AvgIpc) is 2.72. The van der Waals surface area contributed by atoms with Crippen LogP contribution in [0, 0.1) is 5.41 Å². The average molecular weight is 225 g/mol. The molecule has 3 heteroatoms. The van der Waals surface area contributed by atoms with Crippen LogP contribution in [0.15, 0.2) is 0 Å². The van der Waals surface area contributed by atoms with Crippen LogP contribution in [0.25, 0.3) is 0 Å². The molecule has 0 spiro atoms. The predicted molar refractivity (Wildman–Crippen MR) is 68.5 cm³/mol. The fourth-order valence-corrected chi connectivity index (χ4v) is 3.42. The molecule has 3 nitrogen and oxygen atoms in total. The molecule has 16 heavy (non-hydrogen) atoms. The Morgan fingerprint density at radius 1 is 1.38 bits per heavy atom. The summed E-state index contributed by atoms with van der Waals surface area (Å²) in [5.41, 5.74) is 6.71. The van der Waals surface area contributed by atoms with Crippen molar-refractivity contribution in [1.29, 1.82) is 0 Å². The zero-order chi connectivity index (χ0) is 11.8. The molecule has 3 N–H and O–H groups in total. The molecule has 0 bridgehead atoms. The van der Waals surface area contributed by atoms with Gasteiger partial charge >= 0.3 is 0 Å². The van der Waals surface area contributed by atoms with E-state index < -0.39 is 0 Å². The molecule has 2 atom stereocenters. The Kier molecular flexibility index (Phi) is 3.30. The fraction of sp³-hybridized carbons (Fsp3) is 1.00. The van der Waals surface area contributed by atoms with Crippen LogP contribution >= 0.6 is 0 Å². The molecular formula is C13H27N3.